The number of rotatable bonds is 7. The van der Waals surface area contributed by atoms with Crippen LogP contribution in [0, 0.1) is 0 Å². The minimum atomic E-state index is -0.349. The predicted molar refractivity (Wildman–Crippen MR) is 104 cm³/mol. The van der Waals surface area contributed by atoms with E-state index in [-0.39, 0.29) is 17.4 Å². The minimum Gasteiger partial charge on any atom is -0.497 e. The fraction of sp³-hybridized carbons (Fsp3) is 0.409. The molecule has 0 saturated heterocycles. The van der Waals surface area contributed by atoms with Crippen molar-refractivity contribution < 1.29 is 9.53 Å². The lowest BCUT2D eigenvalue weighted by molar-refractivity contribution is -0.130. The van der Waals surface area contributed by atoms with Crippen molar-refractivity contribution in [1.82, 2.24) is 10.2 Å². The van der Waals surface area contributed by atoms with Gasteiger partial charge >= 0.3 is 0 Å². The Labute approximate surface area is 156 Å². The van der Waals surface area contributed by atoms with Gasteiger partial charge in [-0.15, -0.1) is 0 Å². The molecule has 1 fully saturated rings. The zero-order valence-electron chi connectivity index (χ0n) is 15.9. The van der Waals surface area contributed by atoms with E-state index >= 15 is 0 Å². The number of hydrogen-bond donors (Lipinski definition) is 1. The minimum absolute atomic E-state index is 0.123. The molecule has 1 amide bonds. The third-order valence-corrected chi connectivity index (χ3v) is 5.55. The lowest BCUT2D eigenvalue weighted by atomic mass is 9.64. The smallest absolute Gasteiger partial charge is 0.230 e. The molecule has 0 aliphatic heterocycles. The maximum Gasteiger partial charge on any atom is 0.230 e. The first-order chi connectivity index (χ1) is 12.6. The molecule has 0 radical (unpaired) electrons. The Morgan fingerprint density at radius 1 is 1.12 bits per heavy atom. The van der Waals surface area contributed by atoms with Gasteiger partial charge in [0.2, 0.25) is 5.91 Å². The summed E-state index contributed by atoms with van der Waals surface area (Å²) in [6, 6.07) is 18.4. The third kappa shape index (κ3) is 3.61. The second-order valence-corrected chi connectivity index (χ2v) is 7.26. The molecule has 4 nitrogen and oxygen atoms in total. The van der Waals surface area contributed by atoms with Crippen LogP contribution in [0.3, 0.4) is 0 Å². The third-order valence-electron chi connectivity index (χ3n) is 5.55. The van der Waals surface area contributed by atoms with Crippen LogP contribution >= 0.6 is 0 Å². The van der Waals surface area contributed by atoms with Crippen LogP contribution in [0.15, 0.2) is 54.6 Å². The van der Waals surface area contributed by atoms with Crippen molar-refractivity contribution in [2.45, 2.75) is 30.7 Å². The summed E-state index contributed by atoms with van der Waals surface area (Å²) in [7, 11) is 5.75. The highest BCUT2D eigenvalue weighted by Gasteiger charge is 2.45. The molecule has 1 N–H and O–H groups in total. The largest absolute Gasteiger partial charge is 0.497 e. The van der Waals surface area contributed by atoms with Crippen LogP contribution in [0.1, 0.15) is 36.4 Å². The fourth-order valence-electron chi connectivity index (χ4n) is 3.72. The van der Waals surface area contributed by atoms with Gasteiger partial charge in [-0.25, -0.2) is 0 Å². The molecule has 2 aromatic carbocycles. The molecule has 0 aromatic heterocycles. The quantitative estimate of drug-likeness (QED) is 0.829. The lowest BCUT2D eigenvalue weighted by Crippen LogP contribution is -2.50. The van der Waals surface area contributed by atoms with Gasteiger partial charge in [0.05, 0.1) is 18.6 Å². The number of nitrogens with one attached hydrogen (secondary N) is 1. The van der Waals surface area contributed by atoms with Crippen LogP contribution < -0.4 is 10.1 Å². The molecule has 0 heterocycles. The van der Waals surface area contributed by atoms with Crippen LogP contribution in [-0.2, 0) is 10.2 Å². The number of carbonyl (C=O) groups excluding carboxylic acids is 1. The van der Waals surface area contributed by atoms with E-state index in [9.17, 15) is 4.79 Å². The summed E-state index contributed by atoms with van der Waals surface area (Å²) in [4.78, 5) is 15.2. The molecule has 2 aromatic rings. The Balaban J connectivity index is 1.71. The van der Waals surface area contributed by atoms with Gasteiger partial charge in [0.15, 0.2) is 0 Å². The summed E-state index contributed by atoms with van der Waals surface area (Å²) >= 11 is 0. The lowest BCUT2D eigenvalue weighted by Gasteiger charge is -2.41. The molecule has 0 spiro atoms. The number of likely N-dealkylation sites (N-methyl/N-ethyl adjacent to an activating group) is 1. The zero-order valence-corrected chi connectivity index (χ0v) is 15.9. The summed E-state index contributed by atoms with van der Waals surface area (Å²) in [5.74, 6) is 0.989. The highest BCUT2D eigenvalue weighted by atomic mass is 16.5. The Morgan fingerprint density at radius 2 is 1.77 bits per heavy atom. The van der Waals surface area contributed by atoms with E-state index in [2.05, 4.69) is 34.5 Å². The van der Waals surface area contributed by atoms with Crippen molar-refractivity contribution in [3.05, 3.63) is 65.7 Å². The van der Waals surface area contributed by atoms with Gasteiger partial charge in [-0.1, -0.05) is 48.9 Å². The Bertz CT molecular complexity index is 722. The average Bonchev–Trinajstić information content (AvgIpc) is 2.62. The van der Waals surface area contributed by atoms with E-state index in [0.717, 1.165) is 30.6 Å². The molecule has 0 bridgehead atoms. The first kappa shape index (κ1) is 18.5. The van der Waals surface area contributed by atoms with Crippen LogP contribution in [0.4, 0.5) is 0 Å². The van der Waals surface area contributed by atoms with Gasteiger partial charge in [0.1, 0.15) is 5.75 Å². The summed E-state index contributed by atoms with van der Waals surface area (Å²) in [5, 5.41) is 3.22. The fourth-order valence-corrected chi connectivity index (χ4v) is 3.72. The van der Waals surface area contributed by atoms with E-state index < -0.39 is 0 Å². The van der Waals surface area contributed by atoms with Crippen molar-refractivity contribution in [2.24, 2.45) is 0 Å². The van der Waals surface area contributed by atoms with Crippen LogP contribution in [-0.4, -0.2) is 38.6 Å². The van der Waals surface area contributed by atoms with E-state index in [0.29, 0.717) is 6.54 Å². The van der Waals surface area contributed by atoms with Crippen LogP contribution in [0.5, 0.6) is 5.75 Å². The monoisotopic (exact) mass is 352 g/mol. The molecule has 3 rings (SSSR count). The van der Waals surface area contributed by atoms with Gasteiger partial charge in [-0.2, -0.15) is 0 Å². The number of carbonyl (C=O) groups is 1. The zero-order chi connectivity index (χ0) is 18.6. The number of amides is 1. The van der Waals surface area contributed by atoms with Crippen LogP contribution in [0.2, 0.25) is 0 Å². The standard InChI is InChI=1S/C22H28N2O2/c1-24(2)20(17-10-12-19(26-3)13-11-17)16-23-21(25)22(14-7-15-22)18-8-5-4-6-9-18/h4-6,8-13,20H,7,14-16H2,1-3H3,(H,23,25). The van der Waals surface area contributed by atoms with E-state index in [1.807, 2.05) is 44.4 Å². The molecular formula is C22H28N2O2. The SMILES string of the molecule is COc1ccc(C(CNC(=O)C2(c3ccccc3)CCC2)N(C)C)cc1. The van der Waals surface area contributed by atoms with Crippen LogP contribution in [0.25, 0.3) is 0 Å². The van der Waals surface area contributed by atoms with Gasteiger partial charge in [0.25, 0.3) is 0 Å². The van der Waals surface area contributed by atoms with Gasteiger partial charge in [-0.3, -0.25) is 4.79 Å². The molecule has 1 unspecified atom stereocenters. The van der Waals surface area contributed by atoms with Crippen molar-refractivity contribution in [2.75, 3.05) is 27.7 Å². The van der Waals surface area contributed by atoms with Gasteiger partial charge < -0.3 is 15.0 Å². The molecule has 1 aliphatic rings. The first-order valence-corrected chi connectivity index (χ1v) is 9.21. The van der Waals surface area contributed by atoms with E-state index in [1.54, 1.807) is 7.11 Å². The number of methoxy groups -OCH3 is 1. The molecular weight excluding hydrogens is 324 g/mol. The number of ether oxygens (including phenoxy) is 1. The number of hydrogen-bond acceptors (Lipinski definition) is 3. The second-order valence-electron chi connectivity index (χ2n) is 7.26. The van der Waals surface area contributed by atoms with E-state index in [1.165, 1.54) is 5.56 Å². The average molecular weight is 352 g/mol. The molecule has 1 atom stereocenters. The molecule has 1 saturated carbocycles. The maximum atomic E-state index is 13.1. The van der Waals surface area contributed by atoms with Crippen molar-refractivity contribution in [1.29, 1.82) is 0 Å². The van der Waals surface area contributed by atoms with Crippen molar-refractivity contribution in [3.8, 4) is 5.75 Å². The second kappa shape index (κ2) is 7.92. The van der Waals surface area contributed by atoms with E-state index in [4.69, 9.17) is 4.74 Å². The Hall–Kier alpha value is -2.33. The van der Waals surface area contributed by atoms with Gasteiger partial charge in [-0.05, 0) is 50.2 Å². The summed E-state index contributed by atoms with van der Waals surface area (Å²) < 4.78 is 5.24. The maximum absolute atomic E-state index is 13.1. The molecule has 1 aliphatic carbocycles. The Kier molecular flexibility index (Phi) is 5.62. The number of nitrogens with zero attached hydrogens (tertiary/aromatic N) is 1. The Morgan fingerprint density at radius 3 is 2.27 bits per heavy atom. The first-order valence-electron chi connectivity index (χ1n) is 9.21. The highest BCUT2D eigenvalue weighted by Crippen LogP contribution is 2.44. The van der Waals surface area contributed by atoms with Crippen molar-refractivity contribution >= 4 is 5.91 Å². The molecule has 4 heteroatoms. The topological polar surface area (TPSA) is 41.6 Å². The summed E-state index contributed by atoms with van der Waals surface area (Å²) in [5.41, 5.74) is 1.95. The summed E-state index contributed by atoms with van der Waals surface area (Å²) in [6.07, 6.45) is 2.97. The van der Waals surface area contributed by atoms with Crippen molar-refractivity contribution in [3.63, 3.8) is 0 Å². The molecule has 26 heavy (non-hydrogen) atoms. The highest BCUT2D eigenvalue weighted by molar-refractivity contribution is 5.89. The number of benzene rings is 2. The predicted octanol–water partition coefficient (Wildman–Crippen LogP) is 3.54. The summed E-state index contributed by atoms with van der Waals surface area (Å²) in [6.45, 7) is 0.590. The van der Waals surface area contributed by atoms with Gasteiger partial charge in [0, 0.05) is 6.54 Å². The normalized spacial score (nSPS) is 16.6. The molecule has 138 valence electrons.